The minimum atomic E-state index is -1.36. The van der Waals surface area contributed by atoms with Crippen molar-refractivity contribution in [2.45, 2.75) is 18.6 Å². The first-order chi connectivity index (χ1) is 4.22. The minimum Gasteiger partial charge on any atom is -0.396 e. The van der Waals surface area contributed by atoms with Gasteiger partial charge < -0.3 is 20.1 Å². The van der Waals surface area contributed by atoms with E-state index >= 15 is 0 Å². The van der Waals surface area contributed by atoms with Gasteiger partial charge in [0.2, 0.25) is 0 Å². The van der Waals surface area contributed by atoms with E-state index in [0.29, 0.717) is 0 Å². The molecule has 3 N–H and O–H groups in total. The maximum Gasteiger partial charge on any atom is 0.151 e. The molecule has 4 nitrogen and oxygen atoms in total. The van der Waals surface area contributed by atoms with Gasteiger partial charge in [-0.1, -0.05) is 0 Å². The Morgan fingerprint density at radius 2 is 2.00 bits per heavy atom. The molecule has 0 saturated carbocycles. The predicted octanol–water partition coefficient (Wildman–Crippen LogP) is -1.71. The highest BCUT2D eigenvalue weighted by atomic mass is 16.3. The highest BCUT2D eigenvalue weighted by Gasteiger charge is 2.13. The van der Waals surface area contributed by atoms with Crippen LogP contribution in [0.4, 0.5) is 0 Å². The predicted molar refractivity (Wildman–Crippen MR) is 29.8 cm³/mol. The Morgan fingerprint density at radius 3 is 2.33 bits per heavy atom. The minimum absolute atomic E-state index is 0.0277. The molecule has 0 fully saturated rings. The Labute approximate surface area is 52.7 Å². The van der Waals surface area contributed by atoms with Crippen molar-refractivity contribution in [1.82, 2.24) is 0 Å². The molecule has 54 valence electrons. The van der Waals surface area contributed by atoms with Crippen LogP contribution < -0.4 is 0 Å². The number of aliphatic hydroxyl groups is 3. The van der Waals surface area contributed by atoms with Crippen molar-refractivity contribution in [2.24, 2.45) is 0 Å². The topological polar surface area (TPSA) is 77.8 Å². The molecule has 0 aliphatic heterocycles. The monoisotopic (exact) mass is 134 g/mol. The number of aldehydes is 1. The summed E-state index contributed by atoms with van der Waals surface area (Å²) in [5.74, 6) is 0. The van der Waals surface area contributed by atoms with Crippen molar-refractivity contribution in [1.29, 1.82) is 0 Å². The lowest BCUT2D eigenvalue weighted by molar-refractivity contribution is -0.120. The summed E-state index contributed by atoms with van der Waals surface area (Å²) in [4.78, 5) is 9.73. The highest BCUT2D eigenvalue weighted by Crippen LogP contribution is 1.94. The SMILES string of the molecule is O=CC(O)C(O)CCO. The number of hydrogen-bond donors (Lipinski definition) is 3. The average molecular weight is 134 g/mol. The lowest BCUT2D eigenvalue weighted by atomic mass is 10.2. The molecule has 2 unspecified atom stereocenters. The van der Waals surface area contributed by atoms with Gasteiger partial charge >= 0.3 is 0 Å². The van der Waals surface area contributed by atoms with E-state index in [-0.39, 0.29) is 19.3 Å². The molecular formula is C5H10O4. The van der Waals surface area contributed by atoms with E-state index in [1.54, 1.807) is 0 Å². The van der Waals surface area contributed by atoms with E-state index in [2.05, 4.69) is 0 Å². The Morgan fingerprint density at radius 1 is 1.44 bits per heavy atom. The van der Waals surface area contributed by atoms with Crippen LogP contribution >= 0.6 is 0 Å². The van der Waals surface area contributed by atoms with Gasteiger partial charge in [-0.25, -0.2) is 0 Å². The Bertz CT molecular complexity index is 83.0. The summed E-state index contributed by atoms with van der Waals surface area (Å²) in [5.41, 5.74) is 0. The van der Waals surface area contributed by atoms with Crippen molar-refractivity contribution >= 4 is 6.29 Å². The van der Waals surface area contributed by atoms with Crippen molar-refractivity contribution in [3.05, 3.63) is 0 Å². The molecule has 0 aliphatic rings. The zero-order valence-electron chi connectivity index (χ0n) is 4.90. The van der Waals surface area contributed by atoms with Crippen molar-refractivity contribution < 1.29 is 20.1 Å². The fourth-order valence-electron chi connectivity index (χ4n) is 0.394. The normalized spacial score (nSPS) is 16.8. The second-order valence-electron chi connectivity index (χ2n) is 1.71. The number of aliphatic hydroxyl groups excluding tert-OH is 3. The van der Waals surface area contributed by atoms with Gasteiger partial charge in [0, 0.05) is 6.61 Å². The van der Waals surface area contributed by atoms with E-state index in [4.69, 9.17) is 15.3 Å². The fourth-order valence-corrected chi connectivity index (χ4v) is 0.394. The maximum atomic E-state index is 9.73. The zero-order valence-corrected chi connectivity index (χ0v) is 4.90. The van der Waals surface area contributed by atoms with Crippen LogP contribution in [0.25, 0.3) is 0 Å². The number of hydrogen-bond acceptors (Lipinski definition) is 4. The van der Waals surface area contributed by atoms with Crippen molar-refractivity contribution in [3.63, 3.8) is 0 Å². The summed E-state index contributed by atoms with van der Waals surface area (Å²) in [6.07, 6.45) is -2.23. The molecule has 0 aromatic carbocycles. The first kappa shape index (κ1) is 8.55. The lowest BCUT2D eigenvalue weighted by Gasteiger charge is -2.09. The largest absolute Gasteiger partial charge is 0.396 e. The van der Waals surface area contributed by atoms with Gasteiger partial charge in [-0.2, -0.15) is 0 Å². The van der Waals surface area contributed by atoms with Gasteiger partial charge in [0.1, 0.15) is 6.10 Å². The zero-order chi connectivity index (χ0) is 7.28. The second-order valence-corrected chi connectivity index (χ2v) is 1.71. The molecular weight excluding hydrogens is 124 g/mol. The van der Waals surface area contributed by atoms with Crippen LogP contribution in [0, 0.1) is 0 Å². The van der Waals surface area contributed by atoms with Crippen LogP contribution in [0.5, 0.6) is 0 Å². The quantitative estimate of drug-likeness (QED) is 0.400. The van der Waals surface area contributed by atoms with Gasteiger partial charge in [-0.05, 0) is 6.42 Å². The first-order valence-corrected chi connectivity index (χ1v) is 2.64. The second kappa shape index (κ2) is 4.43. The summed E-state index contributed by atoms with van der Waals surface area (Å²) in [5, 5.41) is 25.4. The molecule has 0 aliphatic carbocycles. The van der Waals surface area contributed by atoms with Crippen LogP contribution in [0.2, 0.25) is 0 Å². The molecule has 0 aromatic rings. The van der Waals surface area contributed by atoms with Crippen LogP contribution in [-0.2, 0) is 4.79 Å². The van der Waals surface area contributed by atoms with Gasteiger partial charge in [0.25, 0.3) is 0 Å². The summed E-state index contributed by atoms with van der Waals surface area (Å²) in [6, 6.07) is 0. The molecule has 0 spiro atoms. The molecule has 0 aromatic heterocycles. The van der Waals surface area contributed by atoms with E-state index in [1.807, 2.05) is 0 Å². The Balaban J connectivity index is 3.44. The van der Waals surface area contributed by atoms with Crippen LogP contribution in [0.3, 0.4) is 0 Å². The first-order valence-electron chi connectivity index (χ1n) is 2.64. The van der Waals surface area contributed by atoms with Crippen LogP contribution in [0.15, 0.2) is 0 Å². The van der Waals surface area contributed by atoms with Crippen molar-refractivity contribution in [2.75, 3.05) is 6.61 Å². The maximum absolute atomic E-state index is 9.73. The third kappa shape index (κ3) is 3.18. The molecule has 4 heteroatoms. The molecule has 0 saturated heterocycles. The molecule has 0 bridgehead atoms. The van der Waals surface area contributed by atoms with E-state index in [0.717, 1.165) is 0 Å². The Hall–Kier alpha value is -0.450. The molecule has 0 radical (unpaired) electrons. The molecule has 9 heavy (non-hydrogen) atoms. The van der Waals surface area contributed by atoms with E-state index < -0.39 is 12.2 Å². The summed E-state index contributed by atoms with van der Waals surface area (Å²) >= 11 is 0. The Kier molecular flexibility index (Phi) is 4.21. The molecule has 0 heterocycles. The fraction of sp³-hybridized carbons (Fsp3) is 0.800. The van der Waals surface area contributed by atoms with Crippen LogP contribution in [0.1, 0.15) is 6.42 Å². The van der Waals surface area contributed by atoms with E-state index in [1.165, 1.54) is 0 Å². The summed E-state index contributed by atoms with van der Waals surface area (Å²) in [7, 11) is 0. The van der Waals surface area contributed by atoms with Crippen LogP contribution in [-0.4, -0.2) is 40.4 Å². The molecule has 2 atom stereocenters. The van der Waals surface area contributed by atoms with E-state index in [9.17, 15) is 4.79 Å². The third-order valence-electron chi connectivity index (χ3n) is 0.959. The smallest absolute Gasteiger partial charge is 0.151 e. The van der Waals surface area contributed by atoms with Crippen molar-refractivity contribution in [3.8, 4) is 0 Å². The third-order valence-corrected chi connectivity index (χ3v) is 0.959. The number of carbonyl (C=O) groups is 1. The molecule has 0 rings (SSSR count). The number of carbonyl (C=O) groups excluding carboxylic acids is 1. The van der Waals surface area contributed by atoms with Gasteiger partial charge in [-0.15, -0.1) is 0 Å². The average Bonchev–Trinajstić information content (AvgIpc) is 1.87. The molecule has 0 amide bonds. The van der Waals surface area contributed by atoms with Gasteiger partial charge in [0.15, 0.2) is 6.29 Å². The summed E-state index contributed by atoms with van der Waals surface area (Å²) < 4.78 is 0. The van der Waals surface area contributed by atoms with Gasteiger partial charge in [0.05, 0.1) is 6.10 Å². The van der Waals surface area contributed by atoms with Gasteiger partial charge in [-0.3, -0.25) is 0 Å². The number of rotatable bonds is 4. The summed E-state index contributed by atoms with van der Waals surface area (Å²) in [6.45, 7) is -0.230. The highest BCUT2D eigenvalue weighted by molar-refractivity contribution is 5.56. The standard InChI is InChI=1S/C5H10O4/c6-2-1-4(8)5(9)3-7/h3-6,8-9H,1-2H2. The lowest BCUT2D eigenvalue weighted by Crippen LogP contribution is -2.27.